The van der Waals surface area contributed by atoms with Gasteiger partial charge in [0.15, 0.2) is 0 Å². The quantitative estimate of drug-likeness (QED) is 0.653. The van der Waals surface area contributed by atoms with Gasteiger partial charge in [0, 0.05) is 12.1 Å². The minimum Gasteiger partial charge on any atom is -0.355 e. The Balaban J connectivity index is 3.89. The van der Waals surface area contributed by atoms with Crippen molar-refractivity contribution in [2.45, 2.75) is 65.8 Å². The van der Waals surface area contributed by atoms with Gasteiger partial charge in [0.25, 0.3) is 0 Å². The summed E-state index contributed by atoms with van der Waals surface area (Å²) in [6.07, 6.45) is 4.25. The van der Waals surface area contributed by atoms with Gasteiger partial charge in [0.1, 0.15) is 0 Å². The van der Waals surface area contributed by atoms with Gasteiger partial charge in [-0.25, -0.2) is 0 Å². The van der Waals surface area contributed by atoms with E-state index >= 15 is 0 Å². The molecular formula is C14H30N2O. The lowest BCUT2D eigenvalue weighted by molar-refractivity contribution is -0.120. The highest BCUT2D eigenvalue weighted by Crippen LogP contribution is 2.18. The van der Waals surface area contributed by atoms with E-state index in [1.807, 2.05) is 0 Å². The van der Waals surface area contributed by atoms with E-state index in [1.165, 1.54) is 0 Å². The van der Waals surface area contributed by atoms with Gasteiger partial charge in [-0.1, -0.05) is 34.6 Å². The largest absolute Gasteiger partial charge is 0.355 e. The Bertz CT molecular complexity index is 202. The van der Waals surface area contributed by atoms with Gasteiger partial charge >= 0.3 is 0 Å². The van der Waals surface area contributed by atoms with Crippen LogP contribution >= 0.6 is 0 Å². The Morgan fingerprint density at radius 3 is 2.06 bits per heavy atom. The summed E-state index contributed by atoms with van der Waals surface area (Å²) in [5.41, 5.74) is 0.134. The molecule has 1 amide bonds. The molecule has 3 heteroatoms. The minimum absolute atomic E-state index is 0.116. The van der Waals surface area contributed by atoms with Crippen LogP contribution in [-0.2, 0) is 4.79 Å². The monoisotopic (exact) mass is 242 g/mol. The van der Waals surface area contributed by atoms with E-state index in [-0.39, 0.29) is 11.4 Å². The van der Waals surface area contributed by atoms with E-state index < -0.39 is 0 Å². The molecule has 0 bridgehead atoms. The molecule has 3 nitrogen and oxygen atoms in total. The zero-order valence-corrected chi connectivity index (χ0v) is 12.2. The van der Waals surface area contributed by atoms with Crippen molar-refractivity contribution in [3.8, 4) is 0 Å². The Labute approximate surface area is 107 Å². The second-order valence-corrected chi connectivity index (χ2v) is 5.23. The summed E-state index contributed by atoms with van der Waals surface area (Å²) < 4.78 is 0. The molecule has 0 fully saturated rings. The maximum absolute atomic E-state index is 11.6. The van der Waals surface area contributed by atoms with Gasteiger partial charge in [-0.15, -0.1) is 0 Å². The van der Waals surface area contributed by atoms with Crippen LogP contribution in [-0.4, -0.2) is 24.5 Å². The average Bonchev–Trinajstić information content (AvgIpc) is 2.31. The maximum atomic E-state index is 11.6. The second kappa shape index (κ2) is 8.51. The zero-order valence-electron chi connectivity index (χ0n) is 12.2. The Morgan fingerprint density at radius 2 is 1.65 bits per heavy atom. The van der Waals surface area contributed by atoms with E-state index in [2.05, 4.69) is 45.3 Å². The first-order valence-electron chi connectivity index (χ1n) is 7.01. The van der Waals surface area contributed by atoms with Crippen LogP contribution in [0.1, 0.15) is 60.3 Å². The summed E-state index contributed by atoms with van der Waals surface area (Å²) in [4.78, 5) is 11.6. The van der Waals surface area contributed by atoms with Gasteiger partial charge < -0.3 is 10.6 Å². The van der Waals surface area contributed by atoms with Crippen molar-refractivity contribution in [3.05, 3.63) is 0 Å². The number of hydrogen-bond acceptors (Lipinski definition) is 2. The summed E-state index contributed by atoms with van der Waals surface area (Å²) in [5.74, 6) is 0.759. The number of hydrogen-bond donors (Lipinski definition) is 2. The highest BCUT2D eigenvalue weighted by atomic mass is 16.1. The second-order valence-electron chi connectivity index (χ2n) is 5.23. The van der Waals surface area contributed by atoms with Gasteiger partial charge in [-0.3, -0.25) is 4.79 Å². The molecule has 0 heterocycles. The first-order chi connectivity index (χ1) is 7.99. The van der Waals surface area contributed by atoms with Crippen LogP contribution < -0.4 is 10.6 Å². The first kappa shape index (κ1) is 16.4. The molecule has 0 rings (SSSR count). The van der Waals surface area contributed by atoms with Crippen molar-refractivity contribution in [2.75, 3.05) is 13.1 Å². The lowest BCUT2D eigenvalue weighted by atomic mass is 9.90. The fourth-order valence-corrected chi connectivity index (χ4v) is 1.96. The summed E-state index contributed by atoms with van der Waals surface area (Å²) in [7, 11) is 0. The zero-order chi connectivity index (χ0) is 13.3. The Morgan fingerprint density at radius 1 is 1.12 bits per heavy atom. The summed E-state index contributed by atoms with van der Waals surface area (Å²) in [6, 6.07) is 0. The van der Waals surface area contributed by atoms with E-state index in [4.69, 9.17) is 0 Å². The summed E-state index contributed by atoms with van der Waals surface area (Å²) in [5, 5.41) is 6.37. The third-order valence-corrected chi connectivity index (χ3v) is 3.70. The number of carbonyl (C=O) groups excluding carboxylic acids is 1. The van der Waals surface area contributed by atoms with Crippen LogP contribution in [0.3, 0.4) is 0 Å². The van der Waals surface area contributed by atoms with Crippen LogP contribution in [0, 0.1) is 5.92 Å². The molecule has 17 heavy (non-hydrogen) atoms. The first-order valence-corrected chi connectivity index (χ1v) is 7.01. The molecule has 0 atom stereocenters. The molecule has 0 saturated heterocycles. The SMILES string of the molecule is CCC(CC)(CC)NCC(=O)NCCC(C)C. The molecule has 2 N–H and O–H groups in total. The molecule has 0 aliphatic carbocycles. The molecule has 0 aliphatic rings. The van der Waals surface area contributed by atoms with Gasteiger partial charge in [0.05, 0.1) is 6.54 Å². The third kappa shape index (κ3) is 6.67. The fraction of sp³-hybridized carbons (Fsp3) is 0.929. The van der Waals surface area contributed by atoms with Gasteiger partial charge in [-0.2, -0.15) is 0 Å². The van der Waals surface area contributed by atoms with E-state index in [1.54, 1.807) is 0 Å². The molecule has 0 aliphatic heterocycles. The molecule has 102 valence electrons. The standard InChI is InChI=1S/C14H30N2O/c1-6-14(7-2,8-3)16-11-13(17)15-10-9-12(4)5/h12,16H,6-11H2,1-5H3,(H,15,17). The normalized spacial score (nSPS) is 11.9. The average molecular weight is 242 g/mol. The number of nitrogens with one attached hydrogen (secondary N) is 2. The highest BCUT2D eigenvalue weighted by Gasteiger charge is 2.23. The topological polar surface area (TPSA) is 41.1 Å². The highest BCUT2D eigenvalue weighted by molar-refractivity contribution is 5.78. The predicted octanol–water partition coefficient (Wildman–Crippen LogP) is 2.71. The summed E-state index contributed by atoms with van der Waals surface area (Å²) >= 11 is 0. The molecule has 0 radical (unpaired) electrons. The smallest absolute Gasteiger partial charge is 0.233 e. The van der Waals surface area contributed by atoms with Gasteiger partial charge in [-0.05, 0) is 31.6 Å². The summed E-state index contributed by atoms with van der Waals surface area (Å²) in [6.45, 7) is 12.1. The predicted molar refractivity (Wildman–Crippen MR) is 74.1 cm³/mol. The molecule has 0 aromatic carbocycles. The maximum Gasteiger partial charge on any atom is 0.233 e. The number of carbonyl (C=O) groups is 1. The minimum atomic E-state index is 0.116. The van der Waals surface area contributed by atoms with Crippen molar-refractivity contribution in [2.24, 2.45) is 5.92 Å². The van der Waals surface area contributed by atoms with Crippen LogP contribution in [0.15, 0.2) is 0 Å². The van der Waals surface area contributed by atoms with Crippen molar-refractivity contribution in [1.29, 1.82) is 0 Å². The van der Waals surface area contributed by atoms with Crippen LogP contribution in [0.25, 0.3) is 0 Å². The molecule has 0 aromatic rings. The van der Waals surface area contributed by atoms with Crippen molar-refractivity contribution >= 4 is 5.91 Å². The molecule has 0 aromatic heterocycles. The van der Waals surface area contributed by atoms with Gasteiger partial charge in [0.2, 0.25) is 5.91 Å². The van der Waals surface area contributed by atoms with Crippen LogP contribution in [0.4, 0.5) is 0 Å². The van der Waals surface area contributed by atoms with Crippen LogP contribution in [0.5, 0.6) is 0 Å². The van der Waals surface area contributed by atoms with Crippen molar-refractivity contribution < 1.29 is 4.79 Å². The molecular weight excluding hydrogens is 212 g/mol. The van der Waals surface area contributed by atoms with E-state index in [0.717, 1.165) is 32.2 Å². The van der Waals surface area contributed by atoms with E-state index in [0.29, 0.717) is 12.5 Å². The number of amides is 1. The fourth-order valence-electron chi connectivity index (χ4n) is 1.96. The molecule has 0 unspecified atom stereocenters. The lowest BCUT2D eigenvalue weighted by Gasteiger charge is -2.31. The van der Waals surface area contributed by atoms with Crippen LogP contribution in [0.2, 0.25) is 0 Å². The number of rotatable bonds is 9. The Kier molecular flexibility index (Phi) is 8.23. The van der Waals surface area contributed by atoms with E-state index in [9.17, 15) is 4.79 Å². The molecule has 0 spiro atoms. The third-order valence-electron chi connectivity index (χ3n) is 3.70. The Hall–Kier alpha value is -0.570. The van der Waals surface area contributed by atoms with Crippen molar-refractivity contribution in [1.82, 2.24) is 10.6 Å². The lowest BCUT2D eigenvalue weighted by Crippen LogP contribution is -2.48. The van der Waals surface area contributed by atoms with Crippen molar-refractivity contribution in [3.63, 3.8) is 0 Å². The molecule has 0 saturated carbocycles.